The molecule has 3 aromatic rings. The Bertz CT molecular complexity index is 914. The summed E-state index contributed by atoms with van der Waals surface area (Å²) in [5, 5.41) is 16.6. The van der Waals surface area contributed by atoms with Crippen LogP contribution in [0, 0.1) is 5.92 Å². The third kappa shape index (κ3) is 3.80. The second-order valence-corrected chi connectivity index (χ2v) is 7.71. The van der Waals surface area contributed by atoms with E-state index in [4.69, 9.17) is 4.74 Å². The van der Waals surface area contributed by atoms with E-state index in [1.807, 2.05) is 24.3 Å². The summed E-state index contributed by atoms with van der Waals surface area (Å²) < 4.78 is 7.00. The molecule has 0 saturated carbocycles. The van der Waals surface area contributed by atoms with Crippen LogP contribution in [0.2, 0.25) is 0 Å². The van der Waals surface area contributed by atoms with Crippen LogP contribution in [0.15, 0.2) is 36.7 Å². The van der Waals surface area contributed by atoms with Crippen molar-refractivity contribution in [2.45, 2.75) is 32.7 Å². The molecule has 1 N–H and O–H groups in total. The molecule has 1 aliphatic rings. The molecule has 1 aliphatic heterocycles. The molecule has 2 aromatic heterocycles. The van der Waals surface area contributed by atoms with Crippen molar-refractivity contribution in [3.63, 3.8) is 0 Å². The van der Waals surface area contributed by atoms with Crippen LogP contribution >= 0.6 is 0 Å². The van der Waals surface area contributed by atoms with Crippen molar-refractivity contribution in [1.29, 1.82) is 0 Å². The number of hydrogen-bond acceptors (Lipinski definition) is 6. The molecule has 1 unspecified atom stereocenters. The Morgan fingerprint density at radius 3 is 2.57 bits per heavy atom. The summed E-state index contributed by atoms with van der Waals surface area (Å²) >= 11 is 0. The summed E-state index contributed by atoms with van der Waals surface area (Å²) in [4.78, 5) is 2.60. The third-order valence-corrected chi connectivity index (χ3v) is 5.53. The summed E-state index contributed by atoms with van der Waals surface area (Å²) in [7, 11) is 1.67. The predicted octanol–water partition coefficient (Wildman–Crippen LogP) is 3.33. The Balaban J connectivity index is 1.61. The van der Waals surface area contributed by atoms with E-state index < -0.39 is 0 Å². The molecule has 1 fully saturated rings. The van der Waals surface area contributed by atoms with E-state index in [9.17, 15) is 0 Å². The Hall–Kier alpha value is -2.67. The van der Waals surface area contributed by atoms with E-state index in [1.165, 1.54) is 25.9 Å². The topological polar surface area (TPSA) is 67.6 Å². The maximum absolute atomic E-state index is 5.26. The van der Waals surface area contributed by atoms with Gasteiger partial charge in [0.15, 0.2) is 0 Å². The van der Waals surface area contributed by atoms with E-state index in [2.05, 4.69) is 45.4 Å². The summed E-state index contributed by atoms with van der Waals surface area (Å²) in [5.41, 5.74) is 3.61. The zero-order valence-electron chi connectivity index (χ0n) is 16.8. The minimum Gasteiger partial charge on any atom is -0.497 e. The Morgan fingerprint density at radius 1 is 1.14 bits per heavy atom. The summed E-state index contributed by atoms with van der Waals surface area (Å²) in [6, 6.07) is 10.5. The highest BCUT2D eigenvalue weighted by atomic mass is 16.5. The first-order valence-corrected chi connectivity index (χ1v) is 9.99. The van der Waals surface area contributed by atoms with E-state index in [0.29, 0.717) is 12.0 Å². The first-order chi connectivity index (χ1) is 13.7. The fraction of sp³-hybridized carbons (Fsp3) is 0.476. The highest BCUT2D eigenvalue weighted by Crippen LogP contribution is 2.26. The second kappa shape index (κ2) is 8.14. The van der Waals surface area contributed by atoms with Crippen molar-refractivity contribution in [3.8, 4) is 17.0 Å². The summed E-state index contributed by atoms with van der Waals surface area (Å²) in [6.45, 7) is 7.86. The average molecular weight is 380 g/mol. The standard InChI is InChI=1S/C21H28N6O/c1-15(2)20(26-10-4-5-11-26)13-22-19-12-18(25-27-14-23-24-21(19)27)16-6-8-17(28-3)9-7-16/h6-9,12,14-15,20,22H,4-5,10-11,13H2,1-3H3. The fourth-order valence-corrected chi connectivity index (χ4v) is 3.93. The largest absolute Gasteiger partial charge is 0.497 e. The number of fused-ring (bicyclic) bond motifs is 1. The predicted molar refractivity (Wildman–Crippen MR) is 111 cm³/mol. The third-order valence-electron chi connectivity index (χ3n) is 5.53. The lowest BCUT2D eigenvalue weighted by atomic mass is 10.0. The molecule has 0 spiro atoms. The minimum absolute atomic E-state index is 0.503. The van der Waals surface area contributed by atoms with Gasteiger partial charge in [-0.25, -0.2) is 0 Å². The second-order valence-electron chi connectivity index (χ2n) is 7.71. The number of likely N-dealkylation sites (tertiary alicyclic amines) is 1. The number of ether oxygens (including phenoxy) is 1. The molecule has 148 valence electrons. The smallest absolute Gasteiger partial charge is 0.200 e. The number of anilines is 1. The normalized spacial score (nSPS) is 16.0. The van der Waals surface area contributed by atoms with Gasteiger partial charge in [0.2, 0.25) is 5.65 Å². The molecule has 7 heteroatoms. The van der Waals surface area contributed by atoms with Gasteiger partial charge < -0.3 is 10.1 Å². The summed E-state index contributed by atoms with van der Waals surface area (Å²) in [5.74, 6) is 1.42. The van der Waals surface area contributed by atoms with Gasteiger partial charge in [-0.1, -0.05) is 13.8 Å². The molecule has 1 atom stereocenters. The maximum Gasteiger partial charge on any atom is 0.200 e. The van der Waals surface area contributed by atoms with Crippen molar-refractivity contribution in [2.75, 3.05) is 32.1 Å². The number of nitrogens with zero attached hydrogens (tertiary/aromatic N) is 5. The van der Waals surface area contributed by atoms with Crippen LogP contribution < -0.4 is 10.1 Å². The molecular formula is C21H28N6O. The number of benzene rings is 1. The van der Waals surface area contributed by atoms with E-state index in [1.54, 1.807) is 18.0 Å². The van der Waals surface area contributed by atoms with Crippen molar-refractivity contribution in [2.24, 2.45) is 5.92 Å². The van der Waals surface area contributed by atoms with Crippen LogP contribution in [-0.4, -0.2) is 57.5 Å². The van der Waals surface area contributed by atoms with Gasteiger partial charge in [-0.15, -0.1) is 10.2 Å². The molecule has 0 aliphatic carbocycles. The highest BCUT2D eigenvalue weighted by molar-refractivity contribution is 5.73. The van der Waals surface area contributed by atoms with Crippen molar-refractivity contribution < 1.29 is 4.74 Å². The molecule has 1 saturated heterocycles. The first-order valence-electron chi connectivity index (χ1n) is 9.99. The summed E-state index contributed by atoms with van der Waals surface area (Å²) in [6.07, 6.45) is 4.25. The van der Waals surface area contributed by atoms with Crippen LogP contribution in [0.25, 0.3) is 16.9 Å². The molecule has 3 heterocycles. The Kier molecular flexibility index (Phi) is 5.43. The van der Waals surface area contributed by atoms with Crippen LogP contribution in [0.5, 0.6) is 5.75 Å². The zero-order valence-corrected chi connectivity index (χ0v) is 16.8. The van der Waals surface area contributed by atoms with Gasteiger partial charge in [0.05, 0.1) is 18.5 Å². The van der Waals surface area contributed by atoms with Gasteiger partial charge in [-0.2, -0.15) is 9.61 Å². The quantitative estimate of drug-likeness (QED) is 0.678. The van der Waals surface area contributed by atoms with Crippen LogP contribution in [0.1, 0.15) is 26.7 Å². The number of aromatic nitrogens is 4. The molecule has 0 bridgehead atoms. The molecule has 7 nitrogen and oxygen atoms in total. The maximum atomic E-state index is 5.26. The van der Waals surface area contributed by atoms with Crippen molar-refractivity contribution >= 4 is 11.3 Å². The lowest BCUT2D eigenvalue weighted by molar-refractivity contribution is 0.201. The van der Waals surface area contributed by atoms with Gasteiger partial charge in [-0.05, 0) is 62.2 Å². The minimum atomic E-state index is 0.503. The molecule has 4 rings (SSSR count). The molecular weight excluding hydrogens is 352 g/mol. The highest BCUT2D eigenvalue weighted by Gasteiger charge is 2.24. The SMILES string of the molecule is COc1ccc(-c2cc(NCC(C(C)C)N3CCCC3)c3nncn3n2)cc1. The lowest BCUT2D eigenvalue weighted by Gasteiger charge is -2.31. The van der Waals surface area contributed by atoms with Crippen LogP contribution in [0.3, 0.4) is 0 Å². The lowest BCUT2D eigenvalue weighted by Crippen LogP contribution is -2.41. The van der Waals surface area contributed by atoms with Crippen LogP contribution in [0.4, 0.5) is 5.69 Å². The monoisotopic (exact) mass is 380 g/mol. The van der Waals surface area contributed by atoms with Crippen molar-refractivity contribution in [1.82, 2.24) is 24.7 Å². The van der Waals surface area contributed by atoms with E-state index in [-0.39, 0.29) is 0 Å². The van der Waals surface area contributed by atoms with Crippen molar-refractivity contribution in [3.05, 3.63) is 36.7 Å². The van der Waals surface area contributed by atoms with Gasteiger partial charge in [0.25, 0.3) is 0 Å². The van der Waals surface area contributed by atoms with E-state index >= 15 is 0 Å². The van der Waals surface area contributed by atoms with Gasteiger partial charge in [0, 0.05) is 18.2 Å². The number of hydrogen-bond donors (Lipinski definition) is 1. The molecule has 0 amide bonds. The number of nitrogens with one attached hydrogen (secondary N) is 1. The first kappa shape index (κ1) is 18.7. The number of methoxy groups -OCH3 is 1. The molecule has 0 radical (unpaired) electrons. The molecule has 1 aromatic carbocycles. The fourth-order valence-electron chi connectivity index (χ4n) is 3.93. The Morgan fingerprint density at radius 2 is 1.89 bits per heavy atom. The average Bonchev–Trinajstić information content (AvgIpc) is 3.40. The molecule has 28 heavy (non-hydrogen) atoms. The van der Waals surface area contributed by atoms with Gasteiger partial charge >= 0.3 is 0 Å². The van der Waals surface area contributed by atoms with Gasteiger partial charge in [0.1, 0.15) is 12.1 Å². The number of rotatable bonds is 7. The van der Waals surface area contributed by atoms with Gasteiger partial charge in [-0.3, -0.25) is 4.90 Å². The zero-order chi connectivity index (χ0) is 19.5. The van der Waals surface area contributed by atoms with E-state index in [0.717, 1.165) is 34.9 Å². The Labute approximate surface area is 165 Å². The van der Waals surface area contributed by atoms with Crippen LogP contribution in [-0.2, 0) is 0 Å².